The minimum atomic E-state index is 0.437. The Balaban J connectivity index is 2.02. The van der Waals surface area contributed by atoms with Crippen LogP contribution in [0.1, 0.15) is 66.2 Å². The van der Waals surface area contributed by atoms with Crippen molar-refractivity contribution in [3.63, 3.8) is 0 Å². The van der Waals surface area contributed by atoms with Crippen LogP contribution in [-0.2, 0) is 0 Å². The first kappa shape index (κ1) is 15.3. The number of nitrogens with one attached hydrogen (secondary N) is 1. The minimum Gasteiger partial charge on any atom is -0.311 e. The van der Waals surface area contributed by atoms with Gasteiger partial charge in [-0.1, -0.05) is 40.0 Å². The van der Waals surface area contributed by atoms with Crippen molar-refractivity contribution >= 4 is 0 Å². The highest BCUT2D eigenvalue weighted by Crippen LogP contribution is 2.44. The summed E-state index contributed by atoms with van der Waals surface area (Å²) in [6.45, 7) is 13.3. The summed E-state index contributed by atoms with van der Waals surface area (Å²) in [5, 5.41) is 3.83. The maximum atomic E-state index is 3.83. The monoisotopic (exact) mass is 266 g/mol. The predicted molar refractivity (Wildman–Crippen MR) is 83.5 cm³/mol. The molecular formula is C17H34N2. The van der Waals surface area contributed by atoms with Crippen molar-refractivity contribution in [2.45, 2.75) is 77.8 Å². The third kappa shape index (κ3) is 3.52. The normalized spacial score (nSPS) is 33.0. The van der Waals surface area contributed by atoms with Crippen LogP contribution in [0.15, 0.2) is 0 Å². The van der Waals surface area contributed by atoms with Crippen LogP contribution in [0.5, 0.6) is 0 Å². The Bertz CT molecular complexity index is 270. The molecule has 2 fully saturated rings. The van der Waals surface area contributed by atoms with Crippen molar-refractivity contribution in [3.8, 4) is 0 Å². The summed E-state index contributed by atoms with van der Waals surface area (Å²) < 4.78 is 0. The maximum Gasteiger partial charge on any atom is 0.0334 e. The molecule has 1 aliphatic heterocycles. The van der Waals surface area contributed by atoms with Crippen LogP contribution in [0.4, 0.5) is 0 Å². The van der Waals surface area contributed by atoms with Gasteiger partial charge in [-0.2, -0.15) is 0 Å². The van der Waals surface area contributed by atoms with Gasteiger partial charge in [0.25, 0.3) is 0 Å². The van der Waals surface area contributed by atoms with Gasteiger partial charge in [0.1, 0.15) is 0 Å². The van der Waals surface area contributed by atoms with Crippen LogP contribution >= 0.6 is 0 Å². The standard InChI is InChI=1S/C17H34N2/c1-5-8-16-12-19(11-14(6-2)7-3)17(4,13-18-16)15-9-10-15/h14-16,18H,5-13H2,1-4H3. The van der Waals surface area contributed by atoms with Crippen molar-refractivity contribution in [2.24, 2.45) is 11.8 Å². The number of nitrogens with zero attached hydrogens (tertiary/aromatic N) is 1. The largest absolute Gasteiger partial charge is 0.311 e. The second kappa shape index (κ2) is 6.58. The first-order valence-corrected chi connectivity index (χ1v) is 8.62. The Labute approximate surface area is 120 Å². The molecule has 1 saturated heterocycles. The average Bonchev–Trinajstić information content (AvgIpc) is 3.24. The van der Waals surface area contributed by atoms with E-state index >= 15 is 0 Å². The van der Waals surface area contributed by atoms with Crippen molar-refractivity contribution < 1.29 is 0 Å². The van der Waals surface area contributed by atoms with Crippen LogP contribution < -0.4 is 5.32 Å². The van der Waals surface area contributed by atoms with Gasteiger partial charge in [-0.05, 0) is 38.0 Å². The van der Waals surface area contributed by atoms with Crippen LogP contribution in [0.2, 0.25) is 0 Å². The Morgan fingerprint density at radius 2 is 1.89 bits per heavy atom. The second-order valence-electron chi connectivity index (χ2n) is 7.09. The zero-order valence-electron chi connectivity index (χ0n) is 13.5. The molecule has 2 atom stereocenters. The fraction of sp³-hybridized carbons (Fsp3) is 1.00. The molecule has 0 spiro atoms. The average molecular weight is 266 g/mol. The molecule has 2 aliphatic rings. The predicted octanol–water partition coefficient (Wildman–Crippen LogP) is 3.67. The molecule has 2 rings (SSSR count). The molecular weight excluding hydrogens is 232 g/mol. The van der Waals surface area contributed by atoms with E-state index in [1.165, 1.54) is 58.2 Å². The van der Waals surface area contributed by atoms with Crippen LogP contribution in [-0.4, -0.2) is 36.1 Å². The van der Waals surface area contributed by atoms with E-state index < -0.39 is 0 Å². The van der Waals surface area contributed by atoms with Gasteiger partial charge < -0.3 is 5.32 Å². The summed E-state index contributed by atoms with van der Waals surface area (Å²) in [6.07, 6.45) is 8.21. The highest BCUT2D eigenvalue weighted by molar-refractivity contribution is 5.05. The fourth-order valence-corrected chi connectivity index (χ4v) is 3.79. The van der Waals surface area contributed by atoms with Crippen molar-refractivity contribution in [2.75, 3.05) is 19.6 Å². The molecule has 1 heterocycles. The van der Waals surface area contributed by atoms with Gasteiger partial charge in [0, 0.05) is 31.2 Å². The lowest BCUT2D eigenvalue weighted by molar-refractivity contribution is 0.0190. The molecule has 2 nitrogen and oxygen atoms in total. The summed E-state index contributed by atoms with van der Waals surface area (Å²) >= 11 is 0. The summed E-state index contributed by atoms with van der Waals surface area (Å²) in [5.74, 6) is 1.84. The van der Waals surface area contributed by atoms with E-state index in [9.17, 15) is 0 Å². The Morgan fingerprint density at radius 3 is 2.42 bits per heavy atom. The maximum absolute atomic E-state index is 3.83. The third-order valence-corrected chi connectivity index (χ3v) is 5.64. The van der Waals surface area contributed by atoms with E-state index in [1.807, 2.05) is 0 Å². The van der Waals surface area contributed by atoms with Gasteiger partial charge in [-0.3, -0.25) is 4.90 Å². The number of rotatable bonds is 7. The van der Waals surface area contributed by atoms with Gasteiger partial charge in [0.05, 0.1) is 0 Å². The van der Waals surface area contributed by atoms with Crippen LogP contribution in [0.3, 0.4) is 0 Å². The van der Waals surface area contributed by atoms with Crippen molar-refractivity contribution in [3.05, 3.63) is 0 Å². The summed E-state index contributed by atoms with van der Waals surface area (Å²) in [4.78, 5) is 2.86. The highest BCUT2D eigenvalue weighted by Gasteiger charge is 2.48. The molecule has 1 saturated carbocycles. The second-order valence-corrected chi connectivity index (χ2v) is 7.09. The summed E-state index contributed by atoms with van der Waals surface area (Å²) in [6, 6.07) is 0.728. The number of hydrogen-bond donors (Lipinski definition) is 1. The van der Waals surface area contributed by atoms with Crippen molar-refractivity contribution in [1.29, 1.82) is 0 Å². The van der Waals surface area contributed by atoms with E-state index in [0.717, 1.165) is 17.9 Å². The molecule has 1 aliphatic carbocycles. The van der Waals surface area contributed by atoms with E-state index in [0.29, 0.717) is 5.54 Å². The minimum absolute atomic E-state index is 0.437. The molecule has 0 aromatic carbocycles. The Morgan fingerprint density at radius 1 is 1.21 bits per heavy atom. The first-order valence-electron chi connectivity index (χ1n) is 8.62. The van der Waals surface area contributed by atoms with Gasteiger partial charge in [0.2, 0.25) is 0 Å². The van der Waals surface area contributed by atoms with E-state index in [4.69, 9.17) is 0 Å². The molecule has 2 heteroatoms. The lowest BCUT2D eigenvalue weighted by atomic mass is 9.87. The Kier molecular flexibility index (Phi) is 5.30. The smallest absolute Gasteiger partial charge is 0.0334 e. The molecule has 19 heavy (non-hydrogen) atoms. The molecule has 0 amide bonds. The van der Waals surface area contributed by atoms with E-state index in [2.05, 4.69) is 37.9 Å². The molecule has 112 valence electrons. The van der Waals surface area contributed by atoms with Gasteiger partial charge >= 0.3 is 0 Å². The molecule has 0 aromatic heterocycles. The molecule has 1 N–H and O–H groups in total. The Hall–Kier alpha value is -0.0800. The molecule has 0 radical (unpaired) electrons. The first-order chi connectivity index (χ1) is 9.13. The number of piperazine rings is 1. The van der Waals surface area contributed by atoms with Crippen molar-refractivity contribution in [1.82, 2.24) is 10.2 Å². The highest BCUT2D eigenvalue weighted by atomic mass is 15.3. The lowest BCUT2D eigenvalue weighted by Crippen LogP contribution is -2.65. The lowest BCUT2D eigenvalue weighted by Gasteiger charge is -2.50. The fourth-order valence-electron chi connectivity index (χ4n) is 3.79. The van der Waals surface area contributed by atoms with Gasteiger partial charge in [-0.15, -0.1) is 0 Å². The topological polar surface area (TPSA) is 15.3 Å². The SMILES string of the molecule is CCCC1CN(CC(CC)CC)C(C)(C2CC2)CN1. The zero-order valence-corrected chi connectivity index (χ0v) is 13.5. The number of hydrogen-bond acceptors (Lipinski definition) is 2. The third-order valence-electron chi connectivity index (χ3n) is 5.64. The molecule has 0 aromatic rings. The molecule has 0 bridgehead atoms. The van der Waals surface area contributed by atoms with E-state index in [1.54, 1.807) is 0 Å². The van der Waals surface area contributed by atoms with Crippen LogP contribution in [0.25, 0.3) is 0 Å². The van der Waals surface area contributed by atoms with Gasteiger partial charge in [-0.25, -0.2) is 0 Å². The summed E-state index contributed by atoms with van der Waals surface area (Å²) in [5.41, 5.74) is 0.437. The quantitative estimate of drug-likeness (QED) is 0.756. The van der Waals surface area contributed by atoms with E-state index in [-0.39, 0.29) is 0 Å². The van der Waals surface area contributed by atoms with Gasteiger partial charge in [0.15, 0.2) is 0 Å². The van der Waals surface area contributed by atoms with Crippen LogP contribution in [0, 0.1) is 11.8 Å². The molecule has 2 unspecified atom stereocenters. The zero-order chi connectivity index (χ0) is 13.9. The summed E-state index contributed by atoms with van der Waals surface area (Å²) in [7, 11) is 0.